The van der Waals surface area contributed by atoms with E-state index in [1.807, 2.05) is 84.9 Å². The van der Waals surface area contributed by atoms with Crippen molar-refractivity contribution < 1.29 is 9.53 Å². The zero-order valence-electron chi connectivity index (χ0n) is 20.0. The summed E-state index contributed by atoms with van der Waals surface area (Å²) in [7, 11) is 1.58. The van der Waals surface area contributed by atoms with E-state index in [1.165, 1.54) is 16.3 Å². The third kappa shape index (κ3) is 5.71. The van der Waals surface area contributed by atoms with Crippen LogP contribution in [-0.4, -0.2) is 28.3 Å². The quantitative estimate of drug-likeness (QED) is 0.190. The molecule has 0 aliphatic rings. The van der Waals surface area contributed by atoms with Gasteiger partial charge in [0.15, 0.2) is 5.16 Å². The van der Waals surface area contributed by atoms with Crippen LogP contribution in [0.3, 0.4) is 0 Å². The fourth-order valence-electron chi connectivity index (χ4n) is 3.78. The summed E-state index contributed by atoms with van der Waals surface area (Å²) in [4.78, 5) is 33.2. The third-order valence-corrected chi connectivity index (χ3v) is 7.54. The van der Waals surface area contributed by atoms with Crippen molar-refractivity contribution in [1.29, 1.82) is 0 Å². The Kier molecular flexibility index (Phi) is 7.58. The molecule has 0 aliphatic heterocycles. The number of benzene rings is 4. The molecule has 4 aromatic carbocycles. The summed E-state index contributed by atoms with van der Waals surface area (Å²) in [5, 5.41) is 3.95. The summed E-state index contributed by atoms with van der Waals surface area (Å²) in [6.45, 7) is 0. The van der Waals surface area contributed by atoms with Gasteiger partial charge in [-0.3, -0.25) is 14.2 Å². The third-order valence-electron chi connectivity index (χ3n) is 5.52. The Hall–Kier alpha value is -4.01. The summed E-state index contributed by atoms with van der Waals surface area (Å²) >= 11 is 2.80. The number of methoxy groups -OCH3 is 1. The van der Waals surface area contributed by atoms with Crippen molar-refractivity contribution in [1.82, 2.24) is 9.55 Å². The van der Waals surface area contributed by atoms with Gasteiger partial charge in [-0.15, -0.1) is 0 Å². The van der Waals surface area contributed by atoms with Gasteiger partial charge in [-0.25, -0.2) is 4.98 Å². The molecule has 8 heteroatoms. The van der Waals surface area contributed by atoms with Gasteiger partial charge < -0.3 is 10.1 Å². The number of carbonyl (C=O) groups is 1. The Morgan fingerprint density at radius 1 is 0.919 bits per heavy atom. The van der Waals surface area contributed by atoms with E-state index in [4.69, 9.17) is 9.72 Å². The van der Waals surface area contributed by atoms with Crippen molar-refractivity contribution in [2.45, 2.75) is 14.9 Å². The second kappa shape index (κ2) is 11.4. The molecular formula is C29H23N3O3S2. The van der Waals surface area contributed by atoms with Crippen molar-refractivity contribution in [3.63, 3.8) is 0 Å². The largest absolute Gasteiger partial charge is 0.497 e. The molecule has 0 aliphatic carbocycles. The van der Waals surface area contributed by atoms with Crippen LogP contribution in [-0.2, 0) is 4.79 Å². The van der Waals surface area contributed by atoms with E-state index in [9.17, 15) is 9.59 Å². The number of fused-ring (bicyclic) bond motifs is 1. The molecule has 0 radical (unpaired) electrons. The Labute approximate surface area is 222 Å². The molecule has 5 aromatic rings. The lowest BCUT2D eigenvalue weighted by molar-refractivity contribution is -0.113. The lowest BCUT2D eigenvalue weighted by Gasteiger charge is -2.14. The number of hydrogen-bond donors (Lipinski definition) is 1. The zero-order chi connectivity index (χ0) is 25.6. The number of para-hydroxylation sites is 2. The first kappa shape index (κ1) is 24.7. The molecule has 0 fully saturated rings. The molecule has 0 atom stereocenters. The summed E-state index contributed by atoms with van der Waals surface area (Å²) in [5.74, 6) is 0.517. The second-order valence-corrected chi connectivity index (χ2v) is 10.1. The van der Waals surface area contributed by atoms with Gasteiger partial charge in [-0.2, -0.15) is 0 Å². The van der Waals surface area contributed by atoms with Crippen LogP contribution in [0.1, 0.15) is 0 Å². The highest BCUT2D eigenvalue weighted by atomic mass is 32.2. The van der Waals surface area contributed by atoms with E-state index >= 15 is 0 Å². The number of thioether (sulfide) groups is 1. The van der Waals surface area contributed by atoms with Crippen LogP contribution in [0.2, 0.25) is 0 Å². The molecule has 1 aromatic heterocycles. The predicted octanol–water partition coefficient (Wildman–Crippen LogP) is 6.28. The topological polar surface area (TPSA) is 73.2 Å². The Morgan fingerprint density at radius 3 is 2.51 bits per heavy atom. The van der Waals surface area contributed by atoms with Crippen LogP contribution >= 0.6 is 23.5 Å². The lowest BCUT2D eigenvalue weighted by atomic mass is 10.2. The fraction of sp³-hybridized carbons (Fsp3) is 0.0690. The number of carbonyl (C=O) groups excluding carboxylic acids is 1. The first-order valence-corrected chi connectivity index (χ1v) is 13.3. The van der Waals surface area contributed by atoms with Crippen molar-refractivity contribution in [2.75, 3.05) is 18.2 Å². The number of hydrogen-bond acceptors (Lipinski definition) is 6. The molecular weight excluding hydrogens is 502 g/mol. The van der Waals surface area contributed by atoms with Gasteiger partial charge in [-0.05, 0) is 48.5 Å². The normalized spacial score (nSPS) is 10.8. The van der Waals surface area contributed by atoms with E-state index in [0.717, 1.165) is 15.5 Å². The lowest BCUT2D eigenvalue weighted by Crippen LogP contribution is -2.23. The summed E-state index contributed by atoms with van der Waals surface area (Å²) < 4.78 is 6.88. The molecule has 0 bridgehead atoms. The van der Waals surface area contributed by atoms with E-state index < -0.39 is 0 Å². The number of ether oxygens (including phenoxy) is 1. The minimum atomic E-state index is -0.202. The van der Waals surface area contributed by atoms with Gasteiger partial charge in [0.25, 0.3) is 5.56 Å². The molecule has 5 rings (SSSR count). The highest BCUT2D eigenvalue weighted by Gasteiger charge is 2.16. The molecule has 1 amide bonds. The molecule has 1 N–H and O–H groups in total. The minimum Gasteiger partial charge on any atom is -0.497 e. The van der Waals surface area contributed by atoms with Crippen molar-refractivity contribution in [2.24, 2.45) is 0 Å². The monoisotopic (exact) mass is 525 g/mol. The second-order valence-electron chi connectivity index (χ2n) is 8.00. The Morgan fingerprint density at radius 2 is 1.68 bits per heavy atom. The van der Waals surface area contributed by atoms with E-state index in [0.29, 0.717) is 27.5 Å². The van der Waals surface area contributed by atoms with Gasteiger partial charge in [0, 0.05) is 15.9 Å². The standard InChI is InChI=1S/C29H23N3O3S2/c1-35-21-11-9-10-20(18-21)32-28(34)23-14-5-6-15-24(23)31-29(32)36-19-27(33)30-25-16-7-8-17-26(25)37-22-12-3-2-4-13-22/h2-18H,19H2,1H3,(H,30,33). The summed E-state index contributed by atoms with van der Waals surface area (Å²) in [6, 6.07) is 32.1. The SMILES string of the molecule is COc1cccc(-n2c(SCC(=O)Nc3ccccc3Sc3ccccc3)nc3ccccc3c2=O)c1. The van der Waals surface area contributed by atoms with Crippen LogP contribution in [0.4, 0.5) is 5.69 Å². The number of anilines is 1. The van der Waals surface area contributed by atoms with E-state index in [1.54, 1.807) is 37.1 Å². The minimum absolute atomic E-state index is 0.0824. The van der Waals surface area contributed by atoms with Crippen molar-refractivity contribution >= 4 is 46.0 Å². The van der Waals surface area contributed by atoms with Gasteiger partial charge >= 0.3 is 0 Å². The Bertz CT molecular complexity index is 1620. The summed E-state index contributed by atoms with van der Waals surface area (Å²) in [5.41, 5.74) is 1.74. The van der Waals surface area contributed by atoms with E-state index in [2.05, 4.69) is 5.32 Å². The highest BCUT2D eigenvalue weighted by Crippen LogP contribution is 2.33. The average Bonchev–Trinajstić information content (AvgIpc) is 2.93. The Balaban J connectivity index is 1.41. The number of aromatic nitrogens is 2. The number of nitrogens with one attached hydrogen (secondary N) is 1. The fourth-order valence-corrected chi connectivity index (χ4v) is 5.51. The first-order chi connectivity index (χ1) is 18.1. The molecule has 0 saturated heterocycles. The van der Waals surface area contributed by atoms with Gasteiger partial charge in [0.05, 0.1) is 35.1 Å². The van der Waals surface area contributed by atoms with Crippen molar-refractivity contribution in [3.8, 4) is 11.4 Å². The van der Waals surface area contributed by atoms with Gasteiger partial charge in [0.2, 0.25) is 5.91 Å². The molecule has 0 spiro atoms. The van der Waals surface area contributed by atoms with Crippen LogP contribution < -0.4 is 15.6 Å². The number of rotatable bonds is 8. The van der Waals surface area contributed by atoms with Crippen LogP contribution in [0, 0.1) is 0 Å². The maximum Gasteiger partial charge on any atom is 0.266 e. The average molecular weight is 526 g/mol. The molecule has 184 valence electrons. The summed E-state index contributed by atoms with van der Waals surface area (Å²) in [6.07, 6.45) is 0. The molecule has 0 unspecified atom stereocenters. The predicted molar refractivity (Wildman–Crippen MR) is 150 cm³/mol. The van der Waals surface area contributed by atoms with E-state index in [-0.39, 0.29) is 17.2 Å². The zero-order valence-corrected chi connectivity index (χ0v) is 21.6. The maximum atomic E-state index is 13.5. The smallest absolute Gasteiger partial charge is 0.266 e. The molecule has 37 heavy (non-hydrogen) atoms. The molecule has 6 nitrogen and oxygen atoms in total. The van der Waals surface area contributed by atoms with Crippen molar-refractivity contribution in [3.05, 3.63) is 113 Å². The molecule has 0 saturated carbocycles. The number of nitrogens with zero attached hydrogens (tertiary/aromatic N) is 2. The molecule has 1 heterocycles. The first-order valence-electron chi connectivity index (χ1n) is 11.5. The highest BCUT2D eigenvalue weighted by molar-refractivity contribution is 8.00. The maximum absolute atomic E-state index is 13.5. The van der Waals surface area contributed by atoms with Crippen LogP contribution in [0.15, 0.2) is 123 Å². The number of amides is 1. The van der Waals surface area contributed by atoms with Gasteiger partial charge in [0.1, 0.15) is 5.75 Å². The van der Waals surface area contributed by atoms with Crippen LogP contribution in [0.5, 0.6) is 5.75 Å². The van der Waals surface area contributed by atoms with Gasteiger partial charge in [-0.1, -0.05) is 72.1 Å². The van der Waals surface area contributed by atoms with Crippen LogP contribution in [0.25, 0.3) is 16.6 Å².